The van der Waals surface area contributed by atoms with Gasteiger partial charge in [-0.25, -0.2) is 4.98 Å². The molecule has 120 valence electrons. The van der Waals surface area contributed by atoms with Crippen molar-refractivity contribution in [3.8, 4) is 5.75 Å². The third-order valence-corrected chi connectivity index (χ3v) is 4.90. The average Bonchev–Trinajstić information content (AvgIpc) is 3.05. The zero-order valence-electron chi connectivity index (χ0n) is 12.8. The largest absolute Gasteiger partial charge is 0.504 e. The molecule has 2 saturated heterocycles. The van der Waals surface area contributed by atoms with Gasteiger partial charge in [0.2, 0.25) is 0 Å². The Bertz CT molecular complexity index is 833. The van der Waals surface area contributed by atoms with Gasteiger partial charge in [-0.15, -0.1) is 0 Å². The molecule has 1 N–H and O–H groups in total. The SMILES string of the molecule is CN1C[C@@H]2CN(C(=O)c3cnc4c(O)cccn4c3=O)C[C@@H]2C1. The molecule has 2 atom stereocenters. The smallest absolute Gasteiger partial charge is 0.270 e. The molecular formula is C16H18N4O3. The summed E-state index contributed by atoms with van der Waals surface area (Å²) in [5, 5.41) is 9.75. The van der Waals surface area contributed by atoms with Crippen molar-refractivity contribution in [3.05, 3.63) is 40.4 Å². The van der Waals surface area contributed by atoms with E-state index in [-0.39, 0.29) is 22.9 Å². The standard InChI is InChI=1S/C16H18N4O3/c1-18-6-10-8-19(9-11(10)7-18)15(22)12-5-17-14-13(21)3-2-4-20(14)16(12)23/h2-5,10-11,21H,6-9H2,1H3/t10-,11+. The summed E-state index contributed by atoms with van der Waals surface area (Å²) in [6, 6.07) is 3.01. The number of pyridine rings is 1. The van der Waals surface area contributed by atoms with Crippen LogP contribution in [0.5, 0.6) is 5.75 Å². The van der Waals surface area contributed by atoms with Gasteiger partial charge in [-0.2, -0.15) is 0 Å². The molecule has 0 unspecified atom stereocenters. The van der Waals surface area contributed by atoms with E-state index in [9.17, 15) is 14.7 Å². The van der Waals surface area contributed by atoms with E-state index in [4.69, 9.17) is 0 Å². The van der Waals surface area contributed by atoms with Crippen molar-refractivity contribution in [3.63, 3.8) is 0 Å². The Hall–Kier alpha value is -2.41. The molecule has 2 fully saturated rings. The highest BCUT2D eigenvalue weighted by atomic mass is 16.3. The van der Waals surface area contributed by atoms with Gasteiger partial charge >= 0.3 is 0 Å². The van der Waals surface area contributed by atoms with Crippen LogP contribution in [0.3, 0.4) is 0 Å². The van der Waals surface area contributed by atoms with E-state index in [0.717, 1.165) is 13.1 Å². The highest BCUT2D eigenvalue weighted by Gasteiger charge is 2.41. The average molecular weight is 314 g/mol. The summed E-state index contributed by atoms with van der Waals surface area (Å²) in [7, 11) is 2.09. The lowest BCUT2D eigenvalue weighted by Gasteiger charge is -2.19. The van der Waals surface area contributed by atoms with Crippen molar-refractivity contribution in [2.75, 3.05) is 33.2 Å². The van der Waals surface area contributed by atoms with Crippen LogP contribution in [0.4, 0.5) is 0 Å². The van der Waals surface area contributed by atoms with Gasteiger partial charge in [0.25, 0.3) is 11.5 Å². The predicted molar refractivity (Wildman–Crippen MR) is 83.5 cm³/mol. The number of hydrogen-bond donors (Lipinski definition) is 1. The number of rotatable bonds is 1. The van der Waals surface area contributed by atoms with Crippen LogP contribution in [0.25, 0.3) is 5.65 Å². The summed E-state index contributed by atoms with van der Waals surface area (Å²) < 4.78 is 1.22. The quantitative estimate of drug-likeness (QED) is 0.804. The molecule has 2 aliphatic rings. The van der Waals surface area contributed by atoms with Crippen LogP contribution in [0.1, 0.15) is 10.4 Å². The van der Waals surface area contributed by atoms with Gasteiger partial charge in [0.05, 0.1) is 0 Å². The Morgan fingerprint density at radius 1 is 1.26 bits per heavy atom. The Kier molecular flexibility index (Phi) is 3.12. The molecular weight excluding hydrogens is 296 g/mol. The molecule has 4 heterocycles. The van der Waals surface area contributed by atoms with Gasteiger partial charge < -0.3 is 14.9 Å². The minimum absolute atomic E-state index is 0.0569. The molecule has 2 aromatic rings. The number of nitrogens with zero attached hydrogens (tertiary/aromatic N) is 4. The Morgan fingerprint density at radius 3 is 2.65 bits per heavy atom. The molecule has 0 bridgehead atoms. The molecule has 0 aromatic carbocycles. The van der Waals surface area contributed by atoms with Crippen molar-refractivity contribution in [2.45, 2.75) is 0 Å². The first-order chi connectivity index (χ1) is 11.0. The Morgan fingerprint density at radius 2 is 1.96 bits per heavy atom. The summed E-state index contributed by atoms with van der Waals surface area (Å²) in [6.07, 6.45) is 2.79. The summed E-state index contributed by atoms with van der Waals surface area (Å²) in [6.45, 7) is 3.38. The first-order valence-corrected chi connectivity index (χ1v) is 7.72. The zero-order valence-corrected chi connectivity index (χ0v) is 12.8. The maximum atomic E-state index is 12.7. The highest BCUT2D eigenvalue weighted by molar-refractivity contribution is 5.94. The van der Waals surface area contributed by atoms with Crippen LogP contribution in [0.15, 0.2) is 29.3 Å². The van der Waals surface area contributed by atoms with Gasteiger partial charge in [-0.1, -0.05) is 0 Å². The fourth-order valence-electron chi connectivity index (χ4n) is 3.80. The lowest BCUT2D eigenvalue weighted by Crippen LogP contribution is -2.36. The monoisotopic (exact) mass is 314 g/mol. The highest BCUT2D eigenvalue weighted by Crippen LogP contribution is 2.30. The molecule has 4 rings (SSSR count). The van der Waals surface area contributed by atoms with Crippen LogP contribution in [0.2, 0.25) is 0 Å². The lowest BCUT2D eigenvalue weighted by atomic mass is 10.0. The predicted octanol–water partition coefficient (Wildman–Crippen LogP) is 0.0337. The Balaban J connectivity index is 1.66. The Labute approximate surface area is 132 Å². The van der Waals surface area contributed by atoms with Gasteiger partial charge in [0, 0.05) is 38.6 Å². The van der Waals surface area contributed by atoms with Crippen LogP contribution in [-0.4, -0.2) is 63.4 Å². The second-order valence-corrected chi connectivity index (χ2v) is 6.52. The number of carbonyl (C=O) groups is 1. The van der Waals surface area contributed by atoms with Crippen molar-refractivity contribution < 1.29 is 9.90 Å². The van der Waals surface area contributed by atoms with Crippen molar-refractivity contribution in [1.29, 1.82) is 0 Å². The second kappa shape index (κ2) is 5.06. The molecule has 23 heavy (non-hydrogen) atoms. The van der Waals surface area contributed by atoms with Crippen LogP contribution >= 0.6 is 0 Å². The summed E-state index contributed by atoms with van der Waals surface area (Å²) >= 11 is 0. The molecule has 0 radical (unpaired) electrons. The first kappa shape index (κ1) is 14.2. The number of aromatic hydroxyl groups is 1. The van der Waals surface area contributed by atoms with Crippen molar-refractivity contribution in [2.24, 2.45) is 11.8 Å². The normalized spacial score (nSPS) is 24.3. The molecule has 7 nitrogen and oxygen atoms in total. The van der Waals surface area contributed by atoms with Crippen LogP contribution in [0, 0.1) is 11.8 Å². The van der Waals surface area contributed by atoms with E-state index in [2.05, 4.69) is 16.9 Å². The van der Waals surface area contributed by atoms with Crippen molar-refractivity contribution >= 4 is 11.6 Å². The van der Waals surface area contributed by atoms with E-state index in [1.165, 1.54) is 22.9 Å². The minimum Gasteiger partial charge on any atom is -0.504 e. The third-order valence-electron chi connectivity index (χ3n) is 4.90. The van der Waals surface area contributed by atoms with E-state index in [1.807, 2.05) is 0 Å². The van der Waals surface area contributed by atoms with Crippen LogP contribution < -0.4 is 5.56 Å². The molecule has 0 aliphatic carbocycles. The molecule has 1 amide bonds. The number of likely N-dealkylation sites (tertiary alicyclic amines) is 2. The molecule has 0 saturated carbocycles. The lowest BCUT2D eigenvalue weighted by molar-refractivity contribution is 0.0773. The second-order valence-electron chi connectivity index (χ2n) is 6.52. The summed E-state index contributed by atoms with van der Waals surface area (Å²) in [4.78, 5) is 33.4. The van der Waals surface area contributed by atoms with Gasteiger partial charge in [-0.3, -0.25) is 14.0 Å². The zero-order chi connectivity index (χ0) is 16.1. The third kappa shape index (κ3) is 2.19. The number of hydrogen-bond acceptors (Lipinski definition) is 5. The van der Waals surface area contributed by atoms with Crippen LogP contribution in [-0.2, 0) is 0 Å². The van der Waals surface area contributed by atoms with E-state index >= 15 is 0 Å². The number of aromatic nitrogens is 2. The first-order valence-electron chi connectivity index (χ1n) is 7.72. The van der Waals surface area contributed by atoms with E-state index < -0.39 is 5.56 Å². The van der Waals surface area contributed by atoms with Gasteiger partial charge in [0.15, 0.2) is 11.4 Å². The summed E-state index contributed by atoms with van der Waals surface area (Å²) in [5.74, 6) is 0.632. The fraction of sp³-hybridized carbons (Fsp3) is 0.438. The number of fused-ring (bicyclic) bond motifs is 2. The van der Waals surface area contributed by atoms with Gasteiger partial charge in [0.1, 0.15) is 5.56 Å². The molecule has 2 aliphatic heterocycles. The summed E-state index contributed by atoms with van der Waals surface area (Å²) in [5.41, 5.74) is -0.222. The van der Waals surface area contributed by atoms with Crippen molar-refractivity contribution in [1.82, 2.24) is 19.2 Å². The van der Waals surface area contributed by atoms with Gasteiger partial charge in [-0.05, 0) is 31.0 Å². The molecule has 0 spiro atoms. The maximum Gasteiger partial charge on any atom is 0.270 e. The molecule has 2 aromatic heterocycles. The minimum atomic E-state index is -0.440. The maximum absolute atomic E-state index is 12.7. The molecule has 7 heteroatoms. The number of carbonyl (C=O) groups excluding carboxylic acids is 1. The van der Waals surface area contributed by atoms with E-state index in [1.54, 1.807) is 11.0 Å². The number of amides is 1. The topological polar surface area (TPSA) is 78.2 Å². The fourth-order valence-corrected chi connectivity index (χ4v) is 3.80. The van der Waals surface area contributed by atoms with E-state index in [0.29, 0.717) is 24.9 Å².